The molecule has 3 rings (SSSR count). The van der Waals surface area contributed by atoms with Gasteiger partial charge in [0.2, 0.25) is 5.91 Å². The lowest BCUT2D eigenvalue weighted by atomic mass is 9.98. The van der Waals surface area contributed by atoms with Crippen LogP contribution in [0.15, 0.2) is 48.5 Å². The van der Waals surface area contributed by atoms with Crippen LogP contribution < -0.4 is 4.74 Å². The molecular weight excluding hydrogens is 326 g/mol. The van der Waals surface area contributed by atoms with Crippen LogP contribution >= 0.6 is 0 Å². The molecule has 1 aliphatic heterocycles. The van der Waals surface area contributed by atoms with Gasteiger partial charge in [-0.05, 0) is 47.9 Å². The number of carbonyl (C=O) groups excluding carboxylic acids is 1. The molecule has 138 valence electrons. The van der Waals surface area contributed by atoms with E-state index in [1.165, 1.54) is 5.56 Å². The number of rotatable bonds is 7. The highest BCUT2D eigenvalue weighted by molar-refractivity contribution is 5.76. The first-order chi connectivity index (χ1) is 12.7. The van der Waals surface area contributed by atoms with Gasteiger partial charge in [-0.25, -0.2) is 0 Å². The minimum absolute atomic E-state index is 0.0815. The van der Waals surface area contributed by atoms with E-state index in [9.17, 15) is 4.79 Å². The second-order valence-electron chi connectivity index (χ2n) is 6.99. The smallest absolute Gasteiger partial charge is 0.222 e. The van der Waals surface area contributed by atoms with E-state index >= 15 is 0 Å². The third-order valence-corrected chi connectivity index (χ3v) is 5.17. The molecule has 1 unspecified atom stereocenters. The molecule has 1 N–H and O–H groups in total. The largest absolute Gasteiger partial charge is 0.496 e. The van der Waals surface area contributed by atoms with E-state index in [4.69, 9.17) is 9.84 Å². The van der Waals surface area contributed by atoms with Crippen molar-refractivity contribution < 1.29 is 14.6 Å². The highest BCUT2D eigenvalue weighted by Gasteiger charge is 2.26. The van der Waals surface area contributed by atoms with Gasteiger partial charge >= 0.3 is 0 Å². The van der Waals surface area contributed by atoms with Crippen LogP contribution in [0.5, 0.6) is 5.75 Å². The van der Waals surface area contributed by atoms with Crippen LogP contribution in [0.3, 0.4) is 0 Å². The molecule has 0 bridgehead atoms. The van der Waals surface area contributed by atoms with E-state index in [1.54, 1.807) is 7.11 Å². The standard InChI is InChI=1S/C22H27NO3/c1-26-21-5-3-2-4-20(21)10-11-22(25)23-13-12-19(15-23)14-17-6-8-18(16-24)9-7-17/h2-9,19,24H,10-16H2,1H3. The fraction of sp³-hybridized carbons (Fsp3) is 0.409. The number of nitrogens with zero attached hydrogens (tertiary/aromatic N) is 1. The normalized spacial score (nSPS) is 16.7. The molecule has 0 aromatic heterocycles. The van der Waals surface area contributed by atoms with Crippen molar-refractivity contribution in [3.05, 3.63) is 65.2 Å². The molecule has 1 amide bonds. The Morgan fingerprint density at radius 3 is 2.62 bits per heavy atom. The van der Waals surface area contributed by atoms with Crippen LogP contribution in [0, 0.1) is 5.92 Å². The summed E-state index contributed by atoms with van der Waals surface area (Å²) in [4.78, 5) is 14.6. The fourth-order valence-electron chi connectivity index (χ4n) is 3.65. The maximum absolute atomic E-state index is 12.6. The van der Waals surface area contributed by atoms with E-state index in [-0.39, 0.29) is 12.5 Å². The van der Waals surface area contributed by atoms with Gasteiger partial charge in [0.25, 0.3) is 0 Å². The maximum Gasteiger partial charge on any atom is 0.222 e. The lowest BCUT2D eigenvalue weighted by Crippen LogP contribution is -2.29. The van der Waals surface area contributed by atoms with E-state index in [1.807, 2.05) is 41.3 Å². The summed E-state index contributed by atoms with van der Waals surface area (Å²) in [5.74, 6) is 1.60. The molecule has 0 saturated carbocycles. The zero-order chi connectivity index (χ0) is 18.4. The van der Waals surface area contributed by atoms with E-state index in [0.29, 0.717) is 18.8 Å². The van der Waals surface area contributed by atoms with Crippen LogP contribution in [-0.2, 0) is 24.2 Å². The molecule has 1 atom stereocenters. The van der Waals surface area contributed by atoms with Crippen molar-refractivity contribution >= 4 is 5.91 Å². The number of amides is 1. The molecule has 0 radical (unpaired) electrons. The summed E-state index contributed by atoms with van der Waals surface area (Å²) in [6.07, 6.45) is 3.29. The van der Waals surface area contributed by atoms with Gasteiger partial charge in [0, 0.05) is 19.5 Å². The monoisotopic (exact) mass is 353 g/mol. The first kappa shape index (κ1) is 18.5. The molecule has 0 aliphatic carbocycles. The van der Waals surface area contributed by atoms with Crippen LogP contribution in [0.25, 0.3) is 0 Å². The van der Waals surface area contributed by atoms with E-state index in [0.717, 1.165) is 42.8 Å². The predicted octanol–water partition coefficient (Wildman–Crippen LogP) is 3.21. The average molecular weight is 353 g/mol. The Hall–Kier alpha value is -2.33. The van der Waals surface area contributed by atoms with Gasteiger partial charge in [-0.15, -0.1) is 0 Å². The van der Waals surface area contributed by atoms with Gasteiger partial charge < -0.3 is 14.7 Å². The summed E-state index contributed by atoms with van der Waals surface area (Å²) in [5, 5.41) is 9.12. The van der Waals surface area contributed by atoms with Gasteiger partial charge in [0.05, 0.1) is 13.7 Å². The Kier molecular flexibility index (Phi) is 6.29. The number of hydrogen-bond acceptors (Lipinski definition) is 3. The highest BCUT2D eigenvalue weighted by Crippen LogP contribution is 2.23. The molecular formula is C22H27NO3. The third kappa shape index (κ3) is 4.64. The Morgan fingerprint density at radius 1 is 1.15 bits per heavy atom. The second kappa shape index (κ2) is 8.86. The Balaban J connectivity index is 1.49. The third-order valence-electron chi connectivity index (χ3n) is 5.17. The minimum atomic E-state index is 0.0815. The summed E-state index contributed by atoms with van der Waals surface area (Å²) < 4.78 is 5.36. The van der Waals surface area contributed by atoms with Gasteiger partial charge in [-0.2, -0.15) is 0 Å². The van der Waals surface area contributed by atoms with Gasteiger partial charge in [-0.1, -0.05) is 42.5 Å². The minimum Gasteiger partial charge on any atom is -0.496 e. The number of benzene rings is 2. The number of methoxy groups -OCH3 is 1. The van der Waals surface area contributed by atoms with E-state index in [2.05, 4.69) is 12.1 Å². The quantitative estimate of drug-likeness (QED) is 0.831. The lowest BCUT2D eigenvalue weighted by Gasteiger charge is -2.17. The van der Waals surface area contributed by atoms with Crippen molar-refractivity contribution in [1.82, 2.24) is 4.90 Å². The highest BCUT2D eigenvalue weighted by atomic mass is 16.5. The molecule has 4 nitrogen and oxygen atoms in total. The molecule has 0 spiro atoms. The summed E-state index contributed by atoms with van der Waals surface area (Å²) in [6, 6.07) is 16.0. The van der Waals surface area contributed by atoms with Crippen molar-refractivity contribution in [3.63, 3.8) is 0 Å². The molecule has 1 aliphatic rings. The first-order valence-corrected chi connectivity index (χ1v) is 9.28. The van der Waals surface area contributed by atoms with Crippen molar-refractivity contribution in [2.75, 3.05) is 20.2 Å². The maximum atomic E-state index is 12.6. The van der Waals surface area contributed by atoms with Gasteiger partial charge in [0.1, 0.15) is 5.75 Å². The molecule has 2 aromatic rings. The Labute approximate surface area is 155 Å². The summed E-state index contributed by atoms with van der Waals surface area (Å²) in [5.41, 5.74) is 3.30. The lowest BCUT2D eigenvalue weighted by molar-refractivity contribution is -0.130. The Morgan fingerprint density at radius 2 is 1.88 bits per heavy atom. The first-order valence-electron chi connectivity index (χ1n) is 9.28. The summed E-state index contributed by atoms with van der Waals surface area (Å²) >= 11 is 0. The van der Waals surface area contributed by atoms with Crippen molar-refractivity contribution in [2.24, 2.45) is 5.92 Å². The predicted molar refractivity (Wildman–Crippen MR) is 102 cm³/mol. The average Bonchev–Trinajstić information content (AvgIpc) is 3.15. The fourth-order valence-corrected chi connectivity index (χ4v) is 3.65. The Bertz CT molecular complexity index is 726. The zero-order valence-corrected chi connectivity index (χ0v) is 15.4. The number of likely N-dealkylation sites (tertiary alicyclic amines) is 1. The number of ether oxygens (including phenoxy) is 1. The van der Waals surface area contributed by atoms with Crippen LogP contribution in [-0.4, -0.2) is 36.1 Å². The van der Waals surface area contributed by atoms with Crippen LogP contribution in [0.1, 0.15) is 29.5 Å². The van der Waals surface area contributed by atoms with Crippen molar-refractivity contribution in [2.45, 2.75) is 32.3 Å². The molecule has 1 saturated heterocycles. The van der Waals surface area contributed by atoms with E-state index < -0.39 is 0 Å². The summed E-state index contributed by atoms with van der Waals surface area (Å²) in [7, 11) is 1.67. The molecule has 2 aromatic carbocycles. The molecule has 4 heteroatoms. The number of hydrogen-bond donors (Lipinski definition) is 1. The van der Waals surface area contributed by atoms with Crippen LogP contribution in [0.2, 0.25) is 0 Å². The number of aliphatic hydroxyl groups is 1. The number of aryl methyl sites for hydroxylation is 1. The van der Waals surface area contributed by atoms with Gasteiger partial charge in [-0.3, -0.25) is 4.79 Å². The molecule has 26 heavy (non-hydrogen) atoms. The SMILES string of the molecule is COc1ccccc1CCC(=O)N1CCC(Cc2ccc(CO)cc2)C1. The van der Waals surface area contributed by atoms with Crippen molar-refractivity contribution in [1.29, 1.82) is 0 Å². The van der Waals surface area contributed by atoms with Gasteiger partial charge in [0.15, 0.2) is 0 Å². The topological polar surface area (TPSA) is 49.8 Å². The zero-order valence-electron chi connectivity index (χ0n) is 15.4. The number of para-hydroxylation sites is 1. The number of carbonyl (C=O) groups is 1. The molecule has 1 fully saturated rings. The van der Waals surface area contributed by atoms with Crippen LogP contribution in [0.4, 0.5) is 0 Å². The second-order valence-corrected chi connectivity index (χ2v) is 6.99. The number of aliphatic hydroxyl groups excluding tert-OH is 1. The summed E-state index contributed by atoms with van der Waals surface area (Å²) in [6.45, 7) is 1.77. The molecule has 1 heterocycles. The van der Waals surface area contributed by atoms with Crippen molar-refractivity contribution in [3.8, 4) is 5.75 Å².